The van der Waals surface area contributed by atoms with Gasteiger partial charge in [0.25, 0.3) is 0 Å². The summed E-state index contributed by atoms with van der Waals surface area (Å²) in [5, 5.41) is 0. The molecule has 1 aliphatic carbocycles. The van der Waals surface area contributed by atoms with Crippen molar-refractivity contribution in [2.75, 3.05) is 7.05 Å². The van der Waals surface area contributed by atoms with Crippen molar-refractivity contribution >= 4 is 5.91 Å². The first-order valence-electron chi connectivity index (χ1n) is 7.86. The van der Waals surface area contributed by atoms with Crippen LogP contribution in [0.4, 0.5) is 0 Å². The fourth-order valence-corrected chi connectivity index (χ4v) is 3.22. The number of benzene rings is 1. The molecule has 4 heteroatoms. The van der Waals surface area contributed by atoms with Crippen LogP contribution in [-0.4, -0.2) is 23.9 Å². The summed E-state index contributed by atoms with van der Waals surface area (Å²) in [5.41, 5.74) is 4.45. The van der Waals surface area contributed by atoms with Crippen LogP contribution in [0.3, 0.4) is 0 Å². The second-order valence-electron chi connectivity index (χ2n) is 6.40. The van der Waals surface area contributed by atoms with Crippen molar-refractivity contribution in [2.24, 2.45) is 11.8 Å². The SMILES string of the molecule is CC1CCCC(N(C)Cc2ccc(CC(=O)NN)cc2)C1. The number of hydrazine groups is 1. The van der Waals surface area contributed by atoms with Gasteiger partial charge in [0.1, 0.15) is 0 Å². The van der Waals surface area contributed by atoms with Gasteiger partial charge < -0.3 is 0 Å². The Kier molecular flexibility index (Phi) is 5.76. The van der Waals surface area contributed by atoms with Gasteiger partial charge in [-0.1, -0.05) is 44.0 Å². The first-order valence-corrected chi connectivity index (χ1v) is 7.86. The molecule has 21 heavy (non-hydrogen) atoms. The third-order valence-electron chi connectivity index (χ3n) is 4.51. The molecule has 0 bridgehead atoms. The number of hydrogen-bond acceptors (Lipinski definition) is 3. The molecule has 1 saturated carbocycles. The van der Waals surface area contributed by atoms with E-state index in [1.165, 1.54) is 31.2 Å². The Morgan fingerprint density at radius 2 is 1.95 bits per heavy atom. The van der Waals surface area contributed by atoms with Gasteiger partial charge in [-0.25, -0.2) is 5.84 Å². The standard InChI is InChI=1S/C17H27N3O/c1-13-4-3-5-16(10-13)20(2)12-15-8-6-14(7-9-15)11-17(21)19-18/h6-9,13,16H,3-5,10-12,18H2,1-2H3,(H,19,21). The molecule has 1 aromatic carbocycles. The van der Waals surface area contributed by atoms with E-state index in [0.29, 0.717) is 12.5 Å². The molecule has 0 aliphatic heterocycles. The van der Waals surface area contributed by atoms with E-state index in [-0.39, 0.29) is 5.91 Å². The number of nitrogens with zero attached hydrogens (tertiary/aromatic N) is 1. The molecule has 0 heterocycles. The van der Waals surface area contributed by atoms with Gasteiger partial charge in [-0.05, 0) is 36.9 Å². The molecule has 0 spiro atoms. The highest BCUT2D eigenvalue weighted by Crippen LogP contribution is 2.27. The number of rotatable bonds is 5. The number of nitrogens with one attached hydrogen (secondary N) is 1. The van der Waals surface area contributed by atoms with Crippen LogP contribution in [0.2, 0.25) is 0 Å². The van der Waals surface area contributed by atoms with Crippen molar-refractivity contribution in [3.05, 3.63) is 35.4 Å². The Hall–Kier alpha value is -1.39. The molecule has 2 atom stereocenters. The first kappa shape index (κ1) is 16.0. The van der Waals surface area contributed by atoms with Gasteiger partial charge in [0, 0.05) is 12.6 Å². The molecule has 4 nitrogen and oxygen atoms in total. The maximum atomic E-state index is 11.2. The Morgan fingerprint density at radius 3 is 2.57 bits per heavy atom. The summed E-state index contributed by atoms with van der Waals surface area (Å²) in [4.78, 5) is 13.7. The van der Waals surface area contributed by atoms with E-state index in [1.54, 1.807) is 0 Å². The Balaban J connectivity index is 1.88. The van der Waals surface area contributed by atoms with Crippen LogP contribution in [0, 0.1) is 5.92 Å². The van der Waals surface area contributed by atoms with E-state index in [2.05, 4.69) is 36.4 Å². The van der Waals surface area contributed by atoms with Gasteiger partial charge in [-0.15, -0.1) is 0 Å². The number of hydrogen-bond donors (Lipinski definition) is 2. The molecule has 2 rings (SSSR count). The topological polar surface area (TPSA) is 58.4 Å². The smallest absolute Gasteiger partial charge is 0.238 e. The summed E-state index contributed by atoms with van der Waals surface area (Å²) in [5.74, 6) is 5.80. The van der Waals surface area contributed by atoms with Crippen molar-refractivity contribution in [2.45, 2.75) is 51.6 Å². The summed E-state index contributed by atoms with van der Waals surface area (Å²) >= 11 is 0. The summed E-state index contributed by atoms with van der Waals surface area (Å²) in [7, 11) is 2.22. The number of carbonyl (C=O) groups excluding carboxylic acids is 1. The van der Waals surface area contributed by atoms with E-state index in [0.717, 1.165) is 18.0 Å². The minimum Gasteiger partial charge on any atom is -0.299 e. The van der Waals surface area contributed by atoms with Crippen LogP contribution in [0.15, 0.2) is 24.3 Å². The molecular weight excluding hydrogens is 262 g/mol. The van der Waals surface area contributed by atoms with Crippen LogP contribution < -0.4 is 11.3 Å². The van der Waals surface area contributed by atoms with E-state index < -0.39 is 0 Å². The summed E-state index contributed by atoms with van der Waals surface area (Å²) in [6, 6.07) is 8.96. The molecule has 0 saturated heterocycles. The van der Waals surface area contributed by atoms with E-state index in [1.807, 2.05) is 12.1 Å². The fourth-order valence-electron chi connectivity index (χ4n) is 3.22. The van der Waals surface area contributed by atoms with E-state index in [4.69, 9.17) is 5.84 Å². The average Bonchev–Trinajstić information content (AvgIpc) is 2.49. The summed E-state index contributed by atoms with van der Waals surface area (Å²) < 4.78 is 0. The van der Waals surface area contributed by atoms with Crippen molar-refractivity contribution < 1.29 is 4.79 Å². The second kappa shape index (κ2) is 7.57. The highest BCUT2D eigenvalue weighted by atomic mass is 16.2. The zero-order valence-corrected chi connectivity index (χ0v) is 13.1. The second-order valence-corrected chi connectivity index (χ2v) is 6.40. The maximum Gasteiger partial charge on any atom is 0.238 e. The normalized spacial score (nSPS) is 22.3. The van der Waals surface area contributed by atoms with Crippen LogP contribution in [0.1, 0.15) is 43.7 Å². The molecule has 1 aliphatic rings. The van der Waals surface area contributed by atoms with Crippen LogP contribution in [0.25, 0.3) is 0 Å². The van der Waals surface area contributed by atoms with Crippen LogP contribution in [-0.2, 0) is 17.8 Å². The Morgan fingerprint density at radius 1 is 1.29 bits per heavy atom. The molecule has 1 aromatic rings. The van der Waals surface area contributed by atoms with Gasteiger partial charge in [-0.2, -0.15) is 0 Å². The first-order chi connectivity index (χ1) is 10.1. The van der Waals surface area contributed by atoms with Gasteiger partial charge in [0.15, 0.2) is 0 Å². The van der Waals surface area contributed by atoms with Gasteiger partial charge in [-0.3, -0.25) is 15.1 Å². The molecule has 116 valence electrons. The lowest BCUT2D eigenvalue weighted by Crippen LogP contribution is -2.35. The summed E-state index contributed by atoms with van der Waals surface area (Å²) in [6.45, 7) is 3.33. The molecule has 2 unspecified atom stereocenters. The molecule has 0 radical (unpaired) electrons. The molecular formula is C17H27N3O. The van der Waals surface area contributed by atoms with E-state index in [9.17, 15) is 4.79 Å². The monoisotopic (exact) mass is 289 g/mol. The molecule has 0 aromatic heterocycles. The predicted octanol–water partition coefficient (Wildman–Crippen LogP) is 2.23. The van der Waals surface area contributed by atoms with Crippen LogP contribution in [0.5, 0.6) is 0 Å². The van der Waals surface area contributed by atoms with Crippen molar-refractivity contribution in [3.63, 3.8) is 0 Å². The van der Waals surface area contributed by atoms with Crippen LogP contribution >= 0.6 is 0 Å². The fraction of sp³-hybridized carbons (Fsp3) is 0.588. The summed E-state index contributed by atoms with van der Waals surface area (Å²) in [6.07, 6.45) is 5.69. The van der Waals surface area contributed by atoms with Crippen molar-refractivity contribution in [1.29, 1.82) is 0 Å². The third-order valence-corrected chi connectivity index (χ3v) is 4.51. The average molecular weight is 289 g/mol. The zero-order chi connectivity index (χ0) is 15.2. The van der Waals surface area contributed by atoms with Crippen molar-refractivity contribution in [1.82, 2.24) is 10.3 Å². The molecule has 1 amide bonds. The van der Waals surface area contributed by atoms with Gasteiger partial charge >= 0.3 is 0 Å². The molecule has 3 N–H and O–H groups in total. The van der Waals surface area contributed by atoms with Gasteiger partial charge in [0.2, 0.25) is 5.91 Å². The Bertz CT molecular complexity index is 458. The quantitative estimate of drug-likeness (QED) is 0.496. The highest BCUT2D eigenvalue weighted by molar-refractivity contribution is 5.77. The number of carbonyl (C=O) groups is 1. The van der Waals surface area contributed by atoms with Crippen molar-refractivity contribution in [3.8, 4) is 0 Å². The van der Waals surface area contributed by atoms with Gasteiger partial charge in [0.05, 0.1) is 6.42 Å². The molecule has 1 fully saturated rings. The lowest BCUT2D eigenvalue weighted by Gasteiger charge is -2.34. The maximum absolute atomic E-state index is 11.2. The largest absolute Gasteiger partial charge is 0.299 e. The van der Waals surface area contributed by atoms with E-state index >= 15 is 0 Å². The predicted molar refractivity (Wildman–Crippen MR) is 85.4 cm³/mol. The number of amides is 1. The Labute approximate surface area is 127 Å². The zero-order valence-electron chi connectivity index (χ0n) is 13.1. The lowest BCUT2D eigenvalue weighted by molar-refractivity contribution is -0.120. The minimum absolute atomic E-state index is 0.156. The highest BCUT2D eigenvalue weighted by Gasteiger charge is 2.22. The minimum atomic E-state index is -0.156. The third kappa shape index (κ3) is 4.83. The lowest BCUT2D eigenvalue weighted by atomic mass is 9.86. The number of nitrogens with two attached hydrogens (primary N) is 1.